The van der Waals surface area contributed by atoms with Crippen molar-refractivity contribution in [2.24, 2.45) is 5.10 Å². The smallest absolute Gasteiger partial charge is 0.0999 e. The molecule has 0 bridgehead atoms. The van der Waals surface area contributed by atoms with Crippen molar-refractivity contribution in [3.63, 3.8) is 0 Å². The summed E-state index contributed by atoms with van der Waals surface area (Å²) in [7, 11) is 6.16. The van der Waals surface area contributed by atoms with Gasteiger partial charge >= 0.3 is 0 Å². The molecule has 1 aromatic rings. The monoisotopic (exact) mass is 191 g/mol. The van der Waals surface area contributed by atoms with E-state index in [2.05, 4.69) is 57.4 Å². The third kappa shape index (κ3) is 3.30. The molecule has 0 heterocycles. The van der Waals surface area contributed by atoms with Crippen molar-refractivity contribution in [3.05, 3.63) is 35.4 Å². The van der Waals surface area contributed by atoms with Gasteiger partial charge in [0.05, 0.1) is 26.9 Å². The molecule has 0 aliphatic heterocycles. The molecule has 0 aliphatic carbocycles. The van der Waals surface area contributed by atoms with E-state index in [0.717, 1.165) is 5.71 Å². The first kappa shape index (κ1) is 10.9. The van der Waals surface area contributed by atoms with Crippen molar-refractivity contribution in [2.45, 2.75) is 13.8 Å². The lowest BCUT2D eigenvalue weighted by Gasteiger charge is -2.16. The van der Waals surface area contributed by atoms with Gasteiger partial charge in [0.2, 0.25) is 0 Å². The van der Waals surface area contributed by atoms with E-state index in [1.165, 1.54) is 11.1 Å². The SMILES string of the molecule is C/C(=N\[N+](C)(C)C)c1ccc(C)cc1. The van der Waals surface area contributed by atoms with Crippen LogP contribution in [0.4, 0.5) is 0 Å². The van der Waals surface area contributed by atoms with E-state index in [4.69, 9.17) is 0 Å². The summed E-state index contributed by atoms with van der Waals surface area (Å²) in [5.74, 6) is 0. The van der Waals surface area contributed by atoms with Gasteiger partial charge in [0.15, 0.2) is 0 Å². The van der Waals surface area contributed by atoms with Gasteiger partial charge in [-0.2, -0.15) is 0 Å². The van der Waals surface area contributed by atoms with Gasteiger partial charge in [0.25, 0.3) is 0 Å². The molecule has 1 aromatic carbocycles. The summed E-state index contributed by atoms with van der Waals surface area (Å²) in [6.07, 6.45) is 0. The van der Waals surface area contributed by atoms with Gasteiger partial charge in [-0.25, -0.2) is 4.59 Å². The minimum atomic E-state index is 0.611. The molecule has 0 atom stereocenters. The van der Waals surface area contributed by atoms with Crippen molar-refractivity contribution < 1.29 is 4.59 Å². The van der Waals surface area contributed by atoms with E-state index in [9.17, 15) is 0 Å². The lowest BCUT2D eigenvalue weighted by atomic mass is 10.1. The number of hydrogen-bond donors (Lipinski definition) is 0. The number of aryl methyl sites for hydroxylation is 1. The number of nitrogens with zero attached hydrogens (tertiary/aromatic N) is 2. The fourth-order valence-electron chi connectivity index (χ4n) is 1.30. The zero-order valence-electron chi connectivity index (χ0n) is 9.70. The number of quaternary nitrogens is 1. The summed E-state index contributed by atoms with van der Waals surface area (Å²) in [6.45, 7) is 4.14. The normalized spacial score (nSPS) is 13.1. The molecule has 0 saturated carbocycles. The Morgan fingerprint density at radius 2 is 1.57 bits per heavy atom. The fraction of sp³-hybridized carbons (Fsp3) is 0.417. The molecule has 1 rings (SSSR count). The quantitative estimate of drug-likeness (QED) is 0.387. The van der Waals surface area contributed by atoms with Crippen LogP contribution in [0.1, 0.15) is 18.1 Å². The summed E-state index contributed by atoms with van der Waals surface area (Å²) < 4.78 is 0.611. The fourth-order valence-corrected chi connectivity index (χ4v) is 1.30. The molecule has 0 fully saturated rings. The predicted octanol–water partition coefficient (Wildman–Crippen LogP) is 2.43. The highest BCUT2D eigenvalue weighted by Crippen LogP contribution is 2.06. The van der Waals surface area contributed by atoms with E-state index in [0.29, 0.717) is 4.59 Å². The van der Waals surface area contributed by atoms with Gasteiger partial charge in [-0.15, -0.1) is 0 Å². The third-order valence-electron chi connectivity index (χ3n) is 1.92. The highest BCUT2D eigenvalue weighted by atomic mass is 15.6. The first-order valence-electron chi connectivity index (χ1n) is 4.84. The van der Waals surface area contributed by atoms with Crippen molar-refractivity contribution >= 4 is 5.71 Å². The average Bonchev–Trinajstić information content (AvgIpc) is 2.02. The number of benzene rings is 1. The second kappa shape index (κ2) is 3.93. The Hall–Kier alpha value is -1.15. The Morgan fingerprint density at radius 1 is 1.07 bits per heavy atom. The van der Waals surface area contributed by atoms with Gasteiger partial charge in [-0.3, -0.25) is 0 Å². The van der Waals surface area contributed by atoms with Crippen LogP contribution in [0.3, 0.4) is 0 Å². The standard InChI is InChI=1S/C12H19N2/c1-10-6-8-12(9-7-10)11(2)13-14(3,4)5/h6-9H,1-5H3/q+1/b13-11+. The molecule has 0 unspecified atom stereocenters. The average molecular weight is 191 g/mol. The minimum Gasteiger partial charge on any atom is -0.205 e. The van der Waals surface area contributed by atoms with Crippen LogP contribution >= 0.6 is 0 Å². The molecule has 0 aliphatic rings. The van der Waals surface area contributed by atoms with E-state index >= 15 is 0 Å². The zero-order valence-corrected chi connectivity index (χ0v) is 9.70. The van der Waals surface area contributed by atoms with Crippen LogP contribution in [0, 0.1) is 6.92 Å². The number of rotatable bonds is 2. The van der Waals surface area contributed by atoms with Crippen molar-refractivity contribution in [1.29, 1.82) is 0 Å². The summed E-state index contributed by atoms with van der Waals surface area (Å²) in [4.78, 5) is 0. The van der Waals surface area contributed by atoms with Crippen molar-refractivity contribution in [3.8, 4) is 0 Å². The Labute approximate surface area is 86.5 Å². The predicted molar refractivity (Wildman–Crippen MR) is 61.4 cm³/mol. The van der Waals surface area contributed by atoms with Crippen molar-refractivity contribution in [1.82, 2.24) is 0 Å². The van der Waals surface area contributed by atoms with Crippen LogP contribution in [-0.2, 0) is 0 Å². The lowest BCUT2D eigenvalue weighted by Crippen LogP contribution is -2.28. The Kier molecular flexibility index (Phi) is 3.06. The van der Waals surface area contributed by atoms with Crippen LogP contribution in [0.2, 0.25) is 0 Å². The molecule has 0 saturated heterocycles. The zero-order chi connectivity index (χ0) is 10.8. The Balaban J connectivity index is 2.95. The topological polar surface area (TPSA) is 12.4 Å². The van der Waals surface area contributed by atoms with Crippen LogP contribution in [0.25, 0.3) is 0 Å². The van der Waals surface area contributed by atoms with Gasteiger partial charge < -0.3 is 0 Å². The molecule has 0 radical (unpaired) electrons. The van der Waals surface area contributed by atoms with Crippen LogP contribution < -0.4 is 0 Å². The van der Waals surface area contributed by atoms with E-state index in [-0.39, 0.29) is 0 Å². The molecule has 0 N–H and O–H groups in total. The Bertz CT molecular complexity index is 328. The van der Waals surface area contributed by atoms with Gasteiger partial charge in [-0.1, -0.05) is 34.9 Å². The highest BCUT2D eigenvalue weighted by molar-refractivity contribution is 5.98. The van der Waals surface area contributed by atoms with Gasteiger partial charge in [0.1, 0.15) is 0 Å². The molecular weight excluding hydrogens is 172 g/mol. The highest BCUT2D eigenvalue weighted by Gasteiger charge is 2.06. The summed E-state index contributed by atoms with van der Waals surface area (Å²) in [5, 5.41) is 4.56. The number of hydrogen-bond acceptors (Lipinski definition) is 1. The molecule has 2 nitrogen and oxygen atoms in total. The first-order valence-corrected chi connectivity index (χ1v) is 4.84. The molecule has 76 valence electrons. The van der Waals surface area contributed by atoms with Crippen LogP contribution in [-0.4, -0.2) is 31.4 Å². The van der Waals surface area contributed by atoms with Crippen LogP contribution in [0.15, 0.2) is 29.4 Å². The summed E-state index contributed by atoms with van der Waals surface area (Å²) in [5.41, 5.74) is 3.56. The summed E-state index contributed by atoms with van der Waals surface area (Å²) in [6, 6.07) is 8.46. The maximum atomic E-state index is 4.56. The van der Waals surface area contributed by atoms with E-state index in [1.807, 2.05) is 6.92 Å². The largest absolute Gasteiger partial charge is 0.205 e. The molecule has 2 heteroatoms. The minimum absolute atomic E-state index is 0.611. The molecular formula is C12H19N2+. The maximum Gasteiger partial charge on any atom is 0.0999 e. The van der Waals surface area contributed by atoms with E-state index in [1.54, 1.807) is 0 Å². The molecule has 0 amide bonds. The van der Waals surface area contributed by atoms with Crippen LogP contribution in [0.5, 0.6) is 0 Å². The molecule has 0 spiro atoms. The second-order valence-electron chi connectivity index (χ2n) is 4.49. The van der Waals surface area contributed by atoms with Crippen molar-refractivity contribution in [2.75, 3.05) is 21.1 Å². The Morgan fingerprint density at radius 3 is 2.00 bits per heavy atom. The maximum absolute atomic E-state index is 4.56. The van der Waals surface area contributed by atoms with E-state index < -0.39 is 0 Å². The van der Waals surface area contributed by atoms with Gasteiger partial charge in [-0.05, 0) is 13.8 Å². The second-order valence-corrected chi connectivity index (χ2v) is 4.49. The summed E-state index contributed by atoms with van der Waals surface area (Å²) >= 11 is 0. The first-order chi connectivity index (χ1) is 6.38. The lowest BCUT2D eigenvalue weighted by molar-refractivity contribution is -0.877. The molecule has 0 aromatic heterocycles. The molecule has 14 heavy (non-hydrogen) atoms. The third-order valence-corrected chi connectivity index (χ3v) is 1.92. The van der Waals surface area contributed by atoms with Gasteiger partial charge in [0, 0.05) is 5.56 Å².